The van der Waals surface area contributed by atoms with Crippen molar-refractivity contribution < 1.29 is 27.8 Å². The number of fused-ring (bicyclic) bond motifs is 3. The van der Waals surface area contributed by atoms with Crippen LogP contribution >= 0.6 is 0 Å². The summed E-state index contributed by atoms with van der Waals surface area (Å²) in [5, 5.41) is 13.7. The minimum absolute atomic E-state index is 0.0484. The highest BCUT2D eigenvalue weighted by Crippen LogP contribution is 2.41. The lowest BCUT2D eigenvalue weighted by Gasteiger charge is -2.33. The number of aliphatic hydroxyl groups is 1. The molecule has 1 aliphatic heterocycles. The summed E-state index contributed by atoms with van der Waals surface area (Å²) in [4.78, 5) is 18.9. The van der Waals surface area contributed by atoms with Crippen LogP contribution in [0.1, 0.15) is 34.3 Å². The van der Waals surface area contributed by atoms with E-state index in [0.717, 1.165) is 36.1 Å². The molecule has 1 saturated heterocycles. The number of rotatable bonds is 8. The fraction of sp³-hybridized carbons (Fsp3) is 0.357. The second-order valence-electron chi connectivity index (χ2n) is 9.51. The lowest BCUT2D eigenvalue weighted by atomic mass is 9.96. The Hall–Kier alpha value is -3.43. The van der Waals surface area contributed by atoms with Crippen molar-refractivity contribution in [2.75, 3.05) is 37.7 Å². The maximum atomic E-state index is 13.0. The third-order valence-electron chi connectivity index (χ3n) is 6.97. The molecule has 9 heteroatoms. The molecule has 2 heterocycles. The van der Waals surface area contributed by atoms with Crippen molar-refractivity contribution in [3.8, 4) is 16.9 Å². The maximum absolute atomic E-state index is 13.0. The SMILES string of the molecule is O=C1c2ccccc2-c2cccc(OCC(O)CNCC3CCN(c4cc(C(F)(F)F)ccn4)CC3)c21. The highest BCUT2D eigenvalue weighted by Gasteiger charge is 2.32. The van der Waals surface area contributed by atoms with E-state index in [-0.39, 0.29) is 12.4 Å². The molecule has 1 fully saturated rings. The highest BCUT2D eigenvalue weighted by molar-refractivity contribution is 6.23. The van der Waals surface area contributed by atoms with Crippen molar-refractivity contribution >= 4 is 11.6 Å². The Kier molecular flexibility index (Phi) is 7.17. The largest absolute Gasteiger partial charge is 0.490 e. The number of nitrogens with zero attached hydrogens (tertiary/aromatic N) is 2. The predicted molar refractivity (Wildman–Crippen MR) is 134 cm³/mol. The van der Waals surface area contributed by atoms with Gasteiger partial charge in [-0.25, -0.2) is 4.98 Å². The van der Waals surface area contributed by atoms with Crippen LogP contribution < -0.4 is 15.0 Å². The molecule has 2 N–H and O–H groups in total. The number of aliphatic hydroxyl groups excluding tert-OH is 1. The van der Waals surface area contributed by atoms with Crippen molar-refractivity contribution in [2.45, 2.75) is 25.1 Å². The van der Waals surface area contributed by atoms with Gasteiger partial charge in [0, 0.05) is 31.4 Å². The summed E-state index contributed by atoms with van der Waals surface area (Å²) in [6.07, 6.45) is -2.31. The number of hydrogen-bond donors (Lipinski definition) is 2. The summed E-state index contributed by atoms with van der Waals surface area (Å²) in [5.74, 6) is 1.10. The van der Waals surface area contributed by atoms with Crippen LogP contribution in [0.2, 0.25) is 0 Å². The number of anilines is 1. The number of aromatic nitrogens is 1. The summed E-state index contributed by atoms with van der Waals surface area (Å²) < 4.78 is 44.8. The fourth-order valence-corrected chi connectivity index (χ4v) is 4.99. The summed E-state index contributed by atoms with van der Waals surface area (Å²) >= 11 is 0. The summed E-state index contributed by atoms with van der Waals surface area (Å²) in [6.45, 7) is 2.32. The van der Waals surface area contributed by atoms with Crippen LogP contribution in [0.25, 0.3) is 11.1 Å². The van der Waals surface area contributed by atoms with Gasteiger partial charge in [0.05, 0.1) is 11.1 Å². The van der Waals surface area contributed by atoms with Gasteiger partial charge in [0.2, 0.25) is 0 Å². The number of carbonyl (C=O) groups excluding carboxylic acids is 1. The van der Waals surface area contributed by atoms with Gasteiger partial charge in [0.1, 0.15) is 24.3 Å². The molecule has 1 aliphatic carbocycles. The molecule has 0 bridgehead atoms. The number of hydrogen-bond acceptors (Lipinski definition) is 6. The van der Waals surface area contributed by atoms with Crippen LogP contribution in [0.5, 0.6) is 5.75 Å². The number of piperidine rings is 1. The van der Waals surface area contributed by atoms with Crippen molar-refractivity contribution in [3.05, 3.63) is 77.5 Å². The molecule has 2 aliphatic rings. The summed E-state index contributed by atoms with van der Waals surface area (Å²) in [6, 6.07) is 15.0. The molecule has 5 rings (SSSR count). The smallest absolute Gasteiger partial charge is 0.416 e. The number of alkyl halides is 3. The van der Waals surface area contributed by atoms with Crippen molar-refractivity contribution in [3.63, 3.8) is 0 Å². The van der Waals surface area contributed by atoms with E-state index in [1.165, 1.54) is 6.20 Å². The fourth-order valence-electron chi connectivity index (χ4n) is 4.99. The first-order valence-corrected chi connectivity index (χ1v) is 12.4. The monoisotopic (exact) mass is 511 g/mol. The Bertz CT molecular complexity index is 1270. The lowest BCUT2D eigenvalue weighted by molar-refractivity contribution is -0.137. The van der Waals surface area contributed by atoms with E-state index in [2.05, 4.69) is 10.3 Å². The van der Waals surface area contributed by atoms with E-state index >= 15 is 0 Å². The van der Waals surface area contributed by atoms with Gasteiger partial charge in [-0.05, 0) is 54.6 Å². The van der Waals surface area contributed by atoms with Gasteiger partial charge in [-0.3, -0.25) is 4.79 Å². The van der Waals surface area contributed by atoms with Crippen LogP contribution in [0.3, 0.4) is 0 Å². The molecule has 0 amide bonds. The Labute approximate surface area is 213 Å². The van der Waals surface area contributed by atoms with Crippen molar-refractivity contribution in [1.29, 1.82) is 0 Å². The van der Waals surface area contributed by atoms with E-state index in [1.54, 1.807) is 12.1 Å². The van der Waals surface area contributed by atoms with Gasteiger partial charge in [0.25, 0.3) is 0 Å². The average Bonchev–Trinajstić information content (AvgIpc) is 3.20. The molecule has 1 atom stereocenters. The normalized spacial score (nSPS) is 16.4. The average molecular weight is 512 g/mol. The molecular weight excluding hydrogens is 483 g/mol. The third-order valence-corrected chi connectivity index (χ3v) is 6.97. The molecule has 0 radical (unpaired) electrons. The minimum Gasteiger partial charge on any atom is -0.490 e. The van der Waals surface area contributed by atoms with Crippen LogP contribution in [0.15, 0.2) is 60.8 Å². The number of nitrogens with one attached hydrogen (secondary N) is 1. The maximum Gasteiger partial charge on any atom is 0.416 e. The zero-order chi connectivity index (χ0) is 26.0. The highest BCUT2D eigenvalue weighted by atomic mass is 19.4. The second kappa shape index (κ2) is 10.5. The Morgan fingerprint density at radius 2 is 1.78 bits per heavy atom. The topological polar surface area (TPSA) is 74.7 Å². The van der Waals surface area contributed by atoms with Gasteiger partial charge < -0.3 is 20.1 Å². The standard InChI is InChI=1S/C28H28F3N3O3/c29-28(30,31)19-8-11-33-25(14-19)34-12-9-18(10-13-34)15-32-16-20(35)17-37-24-7-3-6-22-21-4-1-2-5-23(21)27(36)26(22)24/h1-8,11,14,18,20,32,35H,9-10,12-13,15-17H2. The predicted octanol–water partition coefficient (Wildman–Crippen LogP) is 4.56. The van der Waals surface area contributed by atoms with Crippen molar-refractivity contribution in [2.24, 2.45) is 5.92 Å². The van der Waals surface area contributed by atoms with Crippen LogP contribution in [0.4, 0.5) is 19.0 Å². The second-order valence-corrected chi connectivity index (χ2v) is 9.51. The first-order valence-electron chi connectivity index (χ1n) is 12.4. The minimum atomic E-state index is -4.38. The van der Waals surface area contributed by atoms with Crippen molar-refractivity contribution in [1.82, 2.24) is 10.3 Å². The zero-order valence-electron chi connectivity index (χ0n) is 20.2. The molecule has 1 unspecified atom stereocenters. The van der Waals surface area contributed by atoms with E-state index in [0.29, 0.717) is 54.8 Å². The lowest BCUT2D eigenvalue weighted by Crippen LogP contribution is -2.40. The Morgan fingerprint density at radius 3 is 2.54 bits per heavy atom. The van der Waals surface area contributed by atoms with Gasteiger partial charge in [-0.15, -0.1) is 0 Å². The molecular formula is C28H28F3N3O3. The first-order chi connectivity index (χ1) is 17.8. The van der Waals surface area contributed by atoms with Gasteiger partial charge in [-0.1, -0.05) is 36.4 Å². The van der Waals surface area contributed by atoms with Crippen LogP contribution in [0, 0.1) is 5.92 Å². The number of carbonyl (C=O) groups is 1. The Balaban J connectivity index is 1.07. The molecule has 194 valence electrons. The van der Waals surface area contributed by atoms with E-state index in [4.69, 9.17) is 4.74 Å². The first kappa shape index (κ1) is 25.2. The van der Waals surface area contributed by atoms with Crippen LogP contribution in [-0.2, 0) is 6.18 Å². The number of benzene rings is 2. The zero-order valence-corrected chi connectivity index (χ0v) is 20.2. The molecule has 2 aromatic carbocycles. The molecule has 3 aromatic rings. The summed E-state index contributed by atoms with van der Waals surface area (Å²) in [5.41, 5.74) is 2.24. The van der Waals surface area contributed by atoms with Gasteiger partial charge >= 0.3 is 6.18 Å². The van der Waals surface area contributed by atoms with Gasteiger partial charge in [-0.2, -0.15) is 13.2 Å². The number of halogens is 3. The molecule has 0 spiro atoms. The number of ether oxygens (including phenoxy) is 1. The van der Waals surface area contributed by atoms with E-state index < -0.39 is 17.8 Å². The number of ketones is 1. The summed E-state index contributed by atoms with van der Waals surface area (Å²) in [7, 11) is 0. The van der Waals surface area contributed by atoms with Gasteiger partial charge in [0.15, 0.2) is 5.78 Å². The molecule has 1 aromatic heterocycles. The van der Waals surface area contributed by atoms with E-state index in [9.17, 15) is 23.1 Å². The van der Waals surface area contributed by atoms with E-state index in [1.807, 2.05) is 35.2 Å². The van der Waals surface area contributed by atoms with Crippen LogP contribution in [-0.4, -0.2) is 54.8 Å². The Morgan fingerprint density at radius 1 is 1.05 bits per heavy atom. The number of pyridine rings is 1. The molecule has 0 saturated carbocycles. The molecule has 6 nitrogen and oxygen atoms in total. The third kappa shape index (κ3) is 5.47. The molecule has 37 heavy (non-hydrogen) atoms. The quantitative estimate of drug-likeness (QED) is 0.361.